The highest BCUT2D eigenvalue weighted by Crippen LogP contribution is 2.27. The van der Waals surface area contributed by atoms with E-state index in [1.165, 1.54) is 11.8 Å². The number of aliphatic hydroxyl groups excluding tert-OH is 1. The fourth-order valence-corrected chi connectivity index (χ4v) is 4.52. The van der Waals surface area contributed by atoms with Crippen LogP contribution >= 0.6 is 11.8 Å². The van der Waals surface area contributed by atoms with Gasteiger partial charge in [-0.1, -0.05) is 61.9 Å². The lowest BCUT2D eigenvalue weighted by Gasteiger charge is -2.24. The standard InChI is InChI=1S/C26H42N6O4S/c1-5-6-14-21(23(34)28-15-10-11-16-33)37-25-31-30-22(32(25)4)20(29-24(35)26(2,3)27)18-36-17-19-12-8-7-9-13-19/h7-9,12-13,20-21,33H,5-6,10-11,14-18,27H2,1-4H3,(H,28,34)(H,29,35)/t20-,21?/m1/s1. The van der Waals surface area contributed by atoms with Gasteiger partial charge >= 0.3 is 0 Å². The number of unbranched alkanes of at least 4 members (excludes halogenated alkanes) is 2. The average Bonchev–Trinajstić information content (AvgIpc) is 3.23. The van der Waals surface area contributed by atoms with Crippen LogP contribution in [-0.4, -0.2) is 62.2 Å². The number of amides is 2. The number of aromatic nitrogens is 3. The highest BCUT2D eigenvalue weighted by Gasteiger charge is 2.29. The second-order valence-corrected chi connectivity index (χ2v) is 10.8. The second kappa shape index (κ2) is 15.7. The molecule has 1 unspecified atom stereocenters. The molecule has 0 aliphatic heterocycles. The molecule has 10 nitrogen and oxygen atoms in total. The van der Waals surface area contributed by atoms with Gasteiger partial charge in [0.25, 0.3) is 0 Å². The van der Waals surface area contributed by atoms with Crippen LogP contribution in [0.15, 0.2) is 35.5 Å². The van der Waals surface area contributed by atoms with Crippen LogP contribution in [0.2, 0.25) is 0 Å². The molecule has 0 aliphatic rings. The molecule has 1 aromatic carbocycles. The minimum Gasteiger partial charge on any atom is -0.396 e. The number of hydrogen-bond acceptors (Lipinski definition) is 8. The number of ether oxygens (including phenoxy) is 1. The summed E-state index contributed by atoms with van der Waals surface area (Å²) in [6, 6.07) is 9.19. The zero-order chi connectivity index (χ0) is 27.3. The van der Waals surface area contributed by atoms with Gasteiger partial charge in [-0.15, -0.1) is 10.2 Å². The van der Waals surface area contributed by atoms with E-state index in [-0.39, 0.29) is 30.3 Å². The molecule has 0 radical (unpaired) electrons. The monoisotopic (exact) mass is 534 g/mol. The third-order valence-electron chi connectivity index (χ3n) is 5.71. The highest BCUT2D eigenvalue weighted by molar-refractivity contribution is 8.00. The van der Waals surface area contributed by atoms with Crippen LogP contribution in [0.5, 0.6) is 0 Å². The molecule has 0 saturated heterocycles. The topological polar surface area (TPSA) is 144 Å². The molecule has 0 spiro atoms. The molecule has 2 amide bonds. The van der Waals surface area contributed by atoms with Crippen molar-refractivity contribution in [3.05, 3.63) is 41.7 Å². The van der Waals surface area contributed by atoms with E-state index in [4.69, 9.17) is 15.6 Å². The Bertz CT molecular complexity index is 964. The quantitative estimate of drug-likeness (QED) is 0.179. The van der Waals surface area contributed by atoms with Crippen molar-refractivity contribution in [3.8, 4) is 0 Å². The van der Waals surface area contributed by atoms with Crippen molar-refractivity contribution < 1.29 is 19.4 Å². The summed E-state index contributed by atoms with van der Waals surface area (Å²) < 4.78 is 7.72. The Morgan fingerprint density at radius 3 is 2.57 bits per heavy atom. The average molecular weight is 535 g/mol. The highest BCUT2D eigenvalue weighted by atomic mass is 32.2. The maximum atomic E-state index is 12.9. The Balaban J connectivity index is 2.16. The van der Waals surface area contributed by atoms with E-state index in [1.807, 2.05) is 37.4 Å². The number of hydrogen-bond donors (Lipinski definition) is 4. The van der Waals surface area contributed by atoms with Gasteiger partial charge in [0, 0.05) is 20.2 Å². The zero-order valence-corrected chi connectivity index (χ0v) is 23.2. The summed E-state index contributed by atoms with van der Waals surface area (Å²) in [6.45, 7) is 6.56. The Morgan fingerprint density at radius 2 is 1.92 bits per heavy atom. The first-order valence-corrected chi connectivity index (χ1v) is 13.7. The first-order chi connectivity index (χ1) is 17.7. The normalized spacial score (nSPS) is 13.2. The number of thioether (sulfide) groups is 1. The molecule has 0 aliphatic carbocycles. The largest absolute Gasteiger partial charge is 0.396 e. The van der Waals surface area contributed by atoms with Crippen molar-refractivity contribution >= 4 is 23.6 Å². The molecule has 2 atom stereocenters. The van der Waals surface area contributed by atoms with Crippen LogP contribution < -0.4 is 16.4 Å². The molecule has 1 heterocycles. The van der Waals surface area contributed by atoms with Crippen LogP contribution in [0.3, 0.4) is 0 Å². The number of rotatable bonds is 17. The van der Waals surface area contributed by atoms with Crippen molar-refractivity contribution in [2.45, 2.75) is 81.5 Å². The number of nitrogens with two attached hydrogens (primary N) is 1. The number of carbonyl (C=O) groups excluding carboxylic acids is 2. The van der Waals surface area contributed by atoms with Gasteiger partial charge < -0.3 is 30.8 Å². The van der Waals surface area contributed by atoms with Crippen molar-refractivity contribution in [2.24, 2.45) is 12.8 Å². The van der Waals surface area contributed by atoms with Crippen molar-refractivity contribution in [3.63, 3.8) is 0 Å². The maximum absolute atomic E-state index is 12.9. The fourth-order valence-electron chi connectivity index (χ4n) is 3.45. The smallest absolute Gasteiger partial charge is 0.240 e. The number of benzene rings is 1. The van der Waals surface area contributed by atoms with Gasteiger partial charge in [-0.2, -0.15) is 0 Å². The van der Waals surface area contributed by atoms with Crippen molar-refractivity contribution in [1.82, 2.24) is 25.4 Å². The van der Waals surface area contributed by atoms with E-state index in [0.29, 0.717) is 37.0 Å². The second-order valence-electron chi connectivity index (χ2n) is 9.62. The van der Waals surface area contributed by atoms with Crippen LogP contribution in [-0.2, 0) is 28.0 Å². The van der Waals surface area contributed by atoms with Crippen LogP contribution in [0, 0.1) is 0 Å². The lowest BCUT2D eigenvalue weighted by Crippen LogP contribution is -2.51. The van der Waals surface area contributed by atoms with E-state index in [2.05, 4.69) is 27.8 Å². The van der Waals surface area contributed by atoms with E-state index >= 15 is 0 Å². The minimum atomic E-state index is -1.08. The molecule has 206 valence electrons. The number of carbonyl (C=O) groups is 2. The third-order valence-corrected chi connectivity index (χ3v) is 7.01. The summed E-state index contributed by atoms with van der Waals surface area (Å²) in [4.78, 5) is 25.6. The Hall–Kier alpha value is -2.47. The molecule has 2 rings (SSSR count). The lowest BCUT2D eigenvalue weighted by molar-refractivity contribution is -0.126. The number of nitrogens with one attached hydrogen (secondary N) is 2. The lowest BCUT2D eigenvalue weighted by atomic mass is 10.1. The van der Waals surface area contributed by atoms with Crippen molar-refractivity contribution in [2.75, 3.05) is 19.8 Å². The van der Waals surface area contributed by atoms with E-state index in [1.54, 1.807) is 18.4 Å². The SMILES string of the molecule is CCCCC(Sc1nnc([C@@H](COCc2ccccc2)NC(=O)C(C)(C)N)n1C)C(=O)NCCCCO. The molecular formula is C26H42N6O4S. The summed E-state index contributed by atoms with van der Waals surface area (Å²) in [6.07, 6.45) is 3.96. The number of aliphatic hydroxyl groups is 1. The Kier molecular flexibility index (Phi) is 13.1. The fraction of sp³-hybridized carbons (Fsp3) is 0.615. The van der Waals surface area contributed by atoms with Gasteiger partial charge in [-0.25, -0.2) is 0 Å². The van der Waals surface area contributed by atoms with E-state index < -0.39 is 11.6 Å². The van der Waals surface area contributed by atoms with Gasteiger partial charge in [0.05, 0.1) is 24.0 Å². The van der Waals surface area contributed by atoms with Gasteiger partial charge in [0.15, 0.2) is 11.0 Å². The molecule has 0 bridgehead atoms. The first kappa shape index (κ1) is 30.8. The molecule has 5 N–H and O–H groups in total. The predicted molar refractivity (Wildman–Crippen MR) is 145 cm³/mol. The Labute approximate surface area is 224 Å². The minimum absolute atomic E-state index is 0.0538. The van der Waals surface area contributed by atoms with E-state index in [9.17, 15) is 9.59 Å². The first-order valence-electron chi connectivity index (χ1n) is 12.8. The molecular weight excluding hydrogens is 492 g/mol. The third kappa shape index (κ3) is 10.4. The van der Waals surface area contributed by atoms with Gasteiger partial charge in [-0.3, -0.25) is 9.59 Å². The number of nitrogens with zero attached hydrogens (tertiary/aromatic N) is 3. The molecule has 0 fully saturated rings. The predicted octanol–water partition coefficient (Wildman–Crippen LogP) is 2.47. The molecule has 11 heteroatoms. The summed E-state index contributed by atoms with van der Waals surface area (Å²) in [5.41, 5.74) is 5.96. The summed E-state index contributed by atoms with van der Waals surface area (Å²) in [5.74, 6) is 0.133. The molecule has 0 saturated carbocycles. The molecule has 37 heavy (non-hydrogen) atoms. The zero-order valence-electron chi connectivity index (χ0n) is 22.4. The summed E-state index contributed by atoms with van der Waals surface area (Å²) in [5, 5.41) is 23.8. The molecule has 1 aromatic heterocycles. The van der Waals surface area contributed by atoms with Crippen LogP contribution in [0.25, 0.3) is 0 Å². The summed E-state index contributed by atoms with van der Waals surface area (Å²) >= 11 is 1.36. The van der Waals surface area contributed by atoms with Gasteiger partial charge in [0.2, 0.25) is 11.8 Å². The van der Waals surface area contributed by atoms with E-state index in [0.717, 1.165) is 24.8 Å². The maximum Gasteiger partial charge on any atom is 0.240 e. The van der Waals surface area contributed by atoms with Crippen LogP contribution in [0.4, 0.5) is 0 Å². The van der Waals surface area contributed by atoms with Gasteiger partial charge in [0.1, 0.15) is 6.04 Å². The summed E-state index contributed by atoms with van der Waals surface area (Å²) in [7, 11) is 1.82. The van der Waals surface area contributed by atoms with Crippen molar-refractivity contribution in [1.29, 1.82) is 0 Å². The Morgan fingerprint density at radius 1 is 1.19 bits per heavy atom. The van der Waals surface area contributed by atoms with Gasteiger partial charge in [-0.05, 0) is 38.7 Å². The van der Waals surface area contributed by atoms with Crippen LogP contribution in [0.1, 0.15) is 70.3 Å². The molecule has 2 aromatic rings.